The standard InChI is InChI=1S/C11H14N2O2S2/c1-13(17(14,15)10-5-6-10)9-4-2-3-8(7-9)11(12)16/h2-4,7,10H,5-6H2,1H3,(H2,12,16). The normalized spacial score (nSPS) is 15.6. The summed E-state index contributed by atoms with van der Waals surface area (Å²) >= 11 is 4.88. The van der Waals surface area contributed by atoms with Gasteiger partial charge in [0.25, 0.3) is 0 Å². The minimum absolute atomic E-state index is 0.221. The predicted octanol–water partition coefficient (Wildman–Crippen LogP) is 1.25. The topological polar surface area (TPSA) is 63.4 Å². The average molecular weight is 270 g/mol. The Hall–Kier alpha value is -1.14. The molecule has 1 aromatic rings. The summed E-state index contributed by atoms with van der Waals surface area (Å²) in [7, 11) is -1.65. The number of hydrogen-bond donors (Lipinski definition) is 1. The lowest BCUT2D eigenvalue weighted by molar-refractivity contribution is 0.593. The van der Waals surface area contributed by atoms with Crippen molar-refractivity contribution in [3.8, 4) is 0 Å². The minimum atomic E-state index is -3.21. The Morgan fingerprint density at radius 3 is 2.65 bits per heavy atom. The van der Waals surface area contributed by atoms with E-state index < -0.39 is 10.0 Å². The summed E-state index contributed by atoms with van der Waals surface area (Å²) in [6.07, 6.45) is 1.50. The van der Waals surface area contributed by atoms with Crippen molar-refractivity contribution in [3.05, 3.63) is 29.8 Å². The first-order valence-electron chi connectivity index (χ1n) is 5.30. The molecule has 0 aromatic heterocycles. The van der Waals surface area contributed by atoms with Gasteiger partial charge in [0, 0.05) is 12.6 Å². The van der Waals surface area contributed by atoms with Crippen molar-refractivity contribution in [1.29, 1.82) is 0 Å². The van der Waals surface area contributed by atoms with Crippen LogP contribution in [0.1, 0.15) is 18.4 Å². The zero-order chi connectivity index (χ0) is 12.6. The SMILES string of the molecule is CN(c1cccc(C(N)=S)c1)S(=O)(=O)C1CC1. The summed E-state index contributed by atoms with van der Waals surface area (Å²) < 4.78 is 25.4. The Labute approximate surface area is 106 Å². The first-order chi connectivity index (χ1) is 7.93. The van der Waals surface area contributed by atoms with Gasteiger partial charge in [-0.25, -0.2) is 8.42 Å². The van der Waals surface area contributed by atoms with E-state index in [1.165, 1.54) is 4.31 Å². The highest BCUT2D eigenvalue weighted by Gasteiger charge is 2.38. The van der Waals surface area contributed by atoms with Crippen LogP contribution >= 0.6 is 12.2 Å². The molecule has 1 saturated carbocycles. The van der Waals surface area contributed by atoms with Gasteiger partial charge in [0.15, 0.2) is 0 Å². The monoisotopic (exact) mass is 270 g/mol. The highest BCUT2D eigenvalue weighted by atomic mass is 32.2. The molecule has 0 aliphatic heterocycles. The van der Waals surface area contributed by atoms with Crippen molar-refractivity contribution in [1.82, 2.24) is 0 Å². The summed E-state index contributed by atoms with van der Waals surface area (Å²) in [6.45, 7) is 0. The number of hydrogen-bond acceptors (Lipinski definition) is 3. The van der Waals surface area contributed by atoms with Crippen LogP contribution in [-0.4, -0.2) is 25.7 Å². The Balaban J connectivity index is 2.33. The molecule has 2 N–H and O–H groups in total. The van der Waals surface area contributed by atoms with Crippen molar-refractivity contribution in [2.24, 2.45) is 5.73 Å². The number of sulfonamides is 1. The Bertz CT molecular complexity index is 550. The summed E-state index contributed by atoms with van der Waals surface area (Å²) in [4.78, 5) is 0.268. The minimum Gasteiger partial charge on any atom is -0.389 e. The molecule has 1 fully saturated rings. The van der Waals surface area contributed by atoms with Gasteiger partial charge in [-0.15, -0.1) is 0 Å². The summed E-state index contributed by atoms with van der Waals surface area (Å²) in [5.74, 6) is 0. The molecule has 1 aromatic carbocycles. The number of thiocarbonyl (C=S) groups is 1. The van der Waals surface area contributed by atoms with Gasteiger partial charge in [0.05, 0.1) is 10.9 Å². The highest BCUT2D eigenvalue weighted by Crippen LogP contribution is 2.32. The molecule has 4 nitrogen and oxygen atoms in total. The average Bonchev–Trinajstić information content (AvgIpc) is 3.12. The van der Waals surface area contributed by atoms with Gasteiger partial charge in [-0.3, -0.25) is 4.31 Å². The maximum absolute atomic E-state index is 12.0. The van der Waals surface area contributed by atoms with E-state index in [9.17, 15) is 8.42 Å². The van der Waals surface area contributed by atoms with Crippen LogP contribution in [0.5, 0.6) is 0 Å². The van der Waals surface area contributed by atoms with Gasteiger partial charge in [-0.05, 0) is 25.0 Å². The Morgan fingerprint density at radius 1 is 1.47 bits per heavy atom. The van der Waals surface area contributed by atoms with E-state index in [4.69, 9.17) is 18.0 Å². The summed E-state index contributed by atoms with van der Waals surface area (Å²) in [5, 5.41) is -0.221. The zero-order valence-electron chi connectivity index (χ0n) is 9.46. The third-order valence-electron chi connectivity index (χ3n) is 2.82. The van der Waals surface area contributed by atoms with E-state index in [-0.39, 0.29) is 10.2 Å². The number of nitrogens with zero attached hydrogens (tertiary/aromatic N) is 1. The van der Waals surface area contributed by atoms with E-state index in [1.54, 1.807) is 31.3 Å². The molecular weight excluding hydrogens is 256 g/mol. The first-order valence-corrected chi connectivity index (χ1v) is 7.21. The molecule has 0 amide bonds. The fraction of sp³-hybridized carbons (Fsp3) is 0.364. The van der Waals surface area contributed by atoms with Crippen LogP contribution in [0.3, 0.4) is 0 Å². The van der Waals surface area contributed by atoms with Crippen LogP contribution in [0.25, 0.3) is 0 Å². The molecule has 0 saturated heterocycles. The fourth-order valence-electron chi connectivity index (χ4n) is 1.59. The van der Waals surface area contributed by atoms with Crippen LogP contribution in [0.2, 0.25) is 0 Å². The van der Waals surface area contributed by atoms with Crippen molar-refractivity contribution in [3.63, 3.8) is 0 Å². The lowest BCUT2D eigenvalue weighted by atomic mass is 10.2. The number of rotatable bonds is 4. The molecule has 1 aliphatic carbocycles. The second-order valence-electron chi connectivity index (χ2n) is 4.13. The van der Waals surface area contributed by atoms with E-state index in [1.807, 2.05) is 0 Å². The quantitative estimate of drug-likeness (QED) is 0.836. The molecule has 0 radical (unpaired) electrons. The van der Waals surface area contributed by atoms with Gasteiger partial charge in [0.1, 0.15) is 4.99 Å². The number of benzene rings is 1. The molecular formula is C11H14N2O2S2. The van der Waals surface area contributed by atoms with E-state index >= 15 is 0 Å². The largest absolute Gasteiger partial charge is 0.389 e. The van der Waals surface area contributed by atoms with Crippen LogP contribution in [0.15, 0.2) is 24.3 Å². The van der Waals surface area contributed by atoms with Gasteiger partial charge in [0.2, 0.25) is 10.0 Å². The van der Waals surface area contributed by atoms with Gasteiger partial charge < -0.3 is 5.73 Å². The van der Waals surface area contributed by atoms with Crippen molar-refractivity contribution >= 4 is 32.9 Å². The van der Waals surface area contributed by atoms with Crippen LogP contribution in [0.4, 0.5) is 5.69 Å². The molecule has 0 heterocycles. The van der Waals surface area contributed by atoms with Crippen molar-refractivity contribution in [2.45, 2.75) is 18.1 Å². The second kappa shape index (κ2) is 4.27. The Morgan fingerprint density at radius 2 is 2.12 bits per heavy atom. The molecule has 0 bridgehead atoms. The van der Waals surface area contributed by atoms with Crippen LogP contribution in [-0.2, 0) is 10.0 Å². The molecule has 0 unspecified atom stereocenters. The number of anilines is 1. The molecule has 1 aliphatic rings. The third kappa shape index (κ3) is 2.42. The van der Waals surface area contributed by atoms with E-state index in [0.29, 0.717) is 11.3 Å². The van der Waals surface area contributed by atoms with Crippen molar-refractivity contribution < 1.29 is 8.42 Å². The van der Waals surface area contributed by atoms with E-state index in [2.05, 4.69) is 0 Å². The molecule has 0 atom stereocenters. The van der Waals surface area contributed by atoms with Crippen LogP contribution in [0, 0.1) is 0 Å². The summed E-state index contributed by atoms with van der Waals surface area (Å²) in [5.41, 5.74) is 6.80. The number of nitrogens with two attached hydrogens (primary N) is 1. The fourth-order valence-corrected chi connectivity index (χ4v) is 3.30. The highest BCUT2D eigenvalue weighted by molar-refractivity contribution is 7.93. The molecule has 92 valence electrons. The summed E-state index contributed by atoms with van der Waals surface area (Å²) in [6, 6.07) is 6.95. The van der Waals surface area contributed by atoms with Gasteiger partial charge in [-0.2, -0.15) is 0 Å². The lowest BCUT2D eigenvalue weighted by Crippen LogP contribution is -2.30. The molecule has 17 heavy (non-hydrogen) atoms. The predicted molar refractivity (Wildman–Crippen MR) is 72.7 cm³/mol. The van der Waals surface area contributed by atoms with Gasteiger partial charge in [-0.1, -0.05) is 24.4 Å². The maximum Gasteiger partial charge on any atom is 0.237 e. The smallest absolute Gasteiger partial charge is 0.237 e. The molecule has 6 heteroatoms. The molecule has 2 rings (SSSR count). The Kier molecular flexibility index (Phi) is 3.09. The first kappa shape index (κ1) is 12.3. The molecule has 0 spiro atoms. The van der Waals surface area contributed by atoms with Gasteiger partial charge >= 0.3 is 0 Å². The lowest BCUT2D eigenvalue weighted by Gasteiger charge is -2.19. The van der Waals surface area contributed by atoms with Crippen LogP contribution < -0.4 is 10.0 Å². The third-order valence-corrected chi connectivity index (χ3v) is 5.35. The maximum atomic E-state index is 12.0. The van der Waals surface area contributed by atoms with E-state index in [0.717, 1.165) is 12.8 Å². The van der Waals surface area contributed by atoms with Crippen molar-refractivity contribution in [2.75, 3.05) is 11.4 Å². The zero-order valence-corrected chi connectivity index (χ0v) is 11.1. The second-order valence-corrected chi connectivity index (χ2v) is 6.81.